The van der Waals surface area contributed by atoms with Crippen molar-refractivity contribution in [3.8, 4) is 0 Å². The van der Waals surface area contributed by atoms with Crippen LogP contribution in [-0.2, 0) is 4.74 Å². The van der Waals surface area contributed by atoms with Gasteiger partial charge in [-0.15, -0.1) is 0 Å². The highest BCUT2D eigenvalue weighted by Gasteiger charge is 2.21. The summed E-state index contributed by atoms with van der Waals surface area (Å²) in [5.41, 5.74) is 1.85. The molecule has 0 saturated carbocycles. The molecule has 0 atom stereocenters. The number of nitrogens with one attached hydrogen (secondary N) is 1. The fourth-order valence-electron chi connectivity index (χ4n) is 2.95. The number of morpholine rings is 1. The van der Waals surface area contributed by atoms with Crippen LogP contribution in [0.4, 0.5) is 5.69 Å². The van der Waals surface area contributed by atoms with Crippen molar-refractivity contribution in [3.05, 3.63) is 29.8 Å². The van der Waals surface area contributed by atoms with E-state index in [0.29, 0.717) is 6.67 Å². The molecule has 1 fully saturated rings. The second-order valence-corrected chi connectivity index (χ2v) is 5.61. The molecule has 0 unspecified atom stereocenters. The number of unbranched alkanes of at least 4 members (excludes halogenated alkanes) is 1. The van der Waals surface area contributed by atoms with Crippen LogP contribution >= 0.6 is 0 Å². The number of carbonyl (C=O) groups is 1. The first-order valence-corrected chi connectivity index (χ1v) is 7.77. The molecule has 2 aliphatic rings. The van der Waals surface area contributed by atoms with E-state index in [9.17, 15) is 4.79 Å². The summed E-state index contributed by atoms with van der Waals surface area (Å²) in [5, 5.41) is 2.94. The van der Waals surface area contributed by atoms with Crippen LogP contribution in [0, 0.1) is 0 Å². The predicted octanol–water partition coefficient (Wildman–Crippen LogP) is 1.31. The number of hydrogen-bond donors (Lipinski definition) is 1. The van der Waals surface area contributed by atoms with Gasteiger partial charge in [-0.25, -0.2) is 0 Å². The second-order valence-electron chi connectivity index (χ2n) is 5.61. The lowest BCUT2D eigenvalue weighted by Gasteiger charge is -2.31. The number of fused-ring (bicyclic) bond motifs is 1. The summed E-state index contributed by atoms with van der Waals surface area (Å²) < 4.78 is 5.36. The van der Waals surface area contributed by atoms with E-state index >= 15 is 0 Å². The first kappa shape index (κ1) is 14.4. The first-order chi connectivity index (χ1) is 10.3. The molecule has 0 bridgehead atoms. The minimum absolute atomic E-state index is 0.0372. The third kappa shape index (κ3) is 3.54. The molecule has 114 valence electrons. The van der Waals surface area contributed by atoms with E-state index in [1.807, 2.05) is 24.3 Å². The quantitative estimate of drug-likeness (QED) is 0.830. The Morgan fingerprint density at radius 2 is 1.86 bits per heavy atom. The van der Waals surface area contributed by atoms with Gasteiger partial charge in [0.2, 0.25) is 0 Å². The molecule has 2 aliphatic heterocycles. The summed E-state index contributed by atoms with van der Waals surface area (Å²) in [7, 11) is 0. The first-order valence-electron chi connectivity index (χ1n) is 7.77. The van der Waals surface area contributed by atoms with Crippen LogP contribution < -0.4 is 10.2 Å². The lowest BCUT2D eigenvalue weighted by molar-refractivity contribution is 0.0372. The summed E-state index contributed by atoms with van der Waals surface area (Å²) >= 11 is 0. The maximum absolute atomic E-state index is 11.8. The highest BCUT2D eigenvalue weighted by Crippen LogP contribution is 2.23. The maximum Gasteiger partial charge on any atom is 0.254 e. The summed E-state index contributed by atoms with van der Waals surface area (Å²) in [5.74, 6) is 0.0372. The van der Waals surface area contributed by atoms with Crippen molar-refractivity contribution in [3.63, 3.8) is 0 Å². The Morgan fingerprint density at radius 3 is 2.71 bits per heavy atom. The zero-order chi connectivity index (χ0) is 14.5. The molecule has 1 saturated heterocycles. The van der Waals surface area contributed by atoms with Gasteiger partial charge >= 0.3 is 0 Å². The van der Waals surface area contributed by atoms with Gasteiger partial charge in [-0.3, -0.25) is 9.69 Å². The summed E-state index contributed by atoms with van der Waals surface area (Å²) in [6, 6.07) is 7.85. The van der Waals surface area contributed by atoms with Gasteiger partial charge in [-0.05, 0) is 31.5 Å². The van der Waals surface area contributed by atoms with Gasteiger partial charge in [0.25, 0.3) is 5.91 Å². The number of amides is 1. The standard InChI is InChI=1S/C16H23N3O2/c20-16-14-5-1-2-6-15(14)19(13-17-16)8-4-3-7-18-9-11-21-12-10-18/h1-2,5-6H,3-4,7-13H2,(H,17,20). The van der Waals surface area contributed by atoms with Gasteiger partial charge < -0.3 is 15.0 Å². The van der Waals surface area contributed by atoms with Crippen molar-refractivity contribution < 1.29 is 9.53 Å². The molecular formula is C16H23N3O2. The van der Waals surface area contributed by atoms with Gasteiger partial charge in [0, 0.05) is 19.6 Å². The maximum atomic E-state index is 11.8. The van der Waals surface area contributed by atoms with E-state index in [1.54, 1.807) is 0 Å². The fraction of sp³-hybridized carbons (Fsp3) is 0.562. The van der Waals surface area contributed by atoms with E-state index in [-0.39, 0.29) is 5.91 Å². The Morgan fingerprint density at radius 1 is 1.10 bits per heavy atom. The molecule has 0 spiro atoms. The third-order valence-corrected chi connectivity index (χ3v) is 4.18. The van der Waals surface area contributed by atoms with E-state index < -0.39 is 0 Å². The number of benzene rings is 1. The molecule has 1 amide bonds. The Hall–Kier alpha value is -1.59. The molecule has 3 rings (SSSR count). The Balaban J connectivity index is 1.47. The number of hydrogen-bond acceptors (Lipinski definition) is 4. The number of carbonyl (C=O) groups excluding carboxylic acids is 1. The van der Waals surface area contributed by atoms with Crippen LogP contribution in [0.5, 0.6) is 0 Å². The number of para-hydroxylation sites is 1. The van der Waals surface area contributed by atoms with Crippen molar-refractivity contribution in [1.29, 1.82) is 0 Å². The van der Waals surface area contributed by atoms with E-state index in [1.165, 1.54) is 6.42 Å². The molecule has 2 heterocycles. The Labute approximate surface area is 125 Å². The Kier molecular flexibility index (Phi) is 4.72. The average molecular weight is 289 g/mol. The van der Waals surface area contributed by atoms with Gasteiger partial charge in [0.15, 0.2) is 0 Å². The van der Waals surface area contributed by atoms with Crippen LogP contribution in [0.15, 0.2) is 24.3 Å². The minimum Gasteiger partial charge on any atom is -0.379 e. The average Bonchev–Trinajstić information content (AvgIpc) is 2.55. The summed E-state index contributed by atoms with van der Waals surface area (Å²) in [4.78, 5) is 16.5. The molecule has 21 heavy (non-hydrogen) atoms. The lowest BCUT2D eigenvalue weighted by atomic mass is 10.1. The Bertz CT molecular complexity index is 486. The van der Waals surface area contributed by atoms with E-state index in [2.05, 4.69) is 15.1 Å². The molecule has 1 aromatic rings. The van der Waals surface area contributed by atoms with Crippen molar-refractivity contribution in [1.82, 2.24) is 10.2 Å². The van der Waals surface area contributed by atoms with Crippen molar-refractivity contribution in [2.24, 2.45) is 0 Å². The zero-order valence-electron chi connectivity index (χ0n) is 12.4. The largest absolute Gasteiger partial charge is 0.379 e. The van der Waals surface area contributed by atoms with Crippen LogP contribution in [0.3, 0.4) is 0 Å². The summed E-state index contributed by atoms with van der Waals surface area (Å²) in [6.45, 7) is 6.60. The monoisotopic (exact) mass is 289 g/mol. The summed E-state index contributed by atoms with van der Waals surface area (Å²) in [6.07, 6.45) is 2.33. The molecule has 1 N–H and O–H groups in total. The van der Waals surface area contributed by atoms with Crippen LogP contribution in [0.1, 0.15) is 23.2 Å². The number of rotatable bonds is 5. The van der Waals surface area contributed by atoms with Crippen LogP contribution in [-0.4, -0.2) is 56.9 Å². The van der Waals surface area contributed by atoms with E-state index in [0.717, 1.165) is 57.1 Å². The third-order valence-electron chi connectivity index (χ3n) is 4.18. The van der Waals surface area contributed by atoms with Crippen molar-refractivity contribution in [2.45, 2.75) is 12.8 Å². The number of ether oxygens (including phenoxy) is 1. The lowest BCUT2D eigenvalue weighted by Crippen LogP contribution is -2.44. The minimum atomic E-state index is 0.0372. The van der Waals surface area contributed by atoms with E-state index in [4.69, 9.17) is 4.74 Å². The van der Waals surface area contributed by atoms with Crippen molar-refractivity contribution >= 4 is 11.6 Å². The molecule has 0 radical (unpaired) electrons. The molecular weight excluding hydrogens is 266 g/mol. The van der Waals surface area contributed by atoms with Gasteiger partial charge in [-0.2, -0.15) is 0 Å². The predicted molar refractivity (Wildman–Crippen MR) is 82.6 cm³/mol. The highest BCUT2D eigenvalue weighted by atomic mass is 16.5. The molecule has 1 aromatic carbocycles. The SMILES string of the molecule is O=C1NCN(CCCCN2CCOCC2)c2ccccc21. The topological polar surface area (TPSA) is 44.8 Å². The smallest absolute Gasteiger partial charge is 0.254 e. The molecule has 5 nitrogen and oxygen atoms in total. The number of nitrogens with zero attached hydrogens (tertiary/aromatic N) is 2. The molecule has 5 heteroatoms. The van der Waals surface area contributed by atoms with Gasteiger partial charge in [0.1, 0.15) is 0 Å². The van der Waals surface area contributed by atoms with Crippen LogP contribution in [0.2, 0.25) is 0 Å². The normalized spacial score (nSPS) is 19.2. The highest BCUT2D eigenvalue weighted by molar-refractivity contribution is 6.01. The zero-order valence-corrected chi connectivity index (χ0v) is 12.4. The van der Waals surface area contributed by atoms with Gasteiger partial charge in [0.05, 0.1) is 31.1 Å². The molecule has 0 aliphatic carbocycles. The second kappa shape index (κ2) is 6.91. The van der Waals surface area contributed by atoms with Crippen molar-refractivity contribution in [2.75, 3.05) is 51.0 Å². The van der Waals surface area contributed by atoms with Crippen LogP contribution in [0.25, 0.3) is 0 Å². The fourth-order valence-corrected chi connectivity index (χ4v) is 2.95. The molecule has 0 aromatic heterocycles. The number of anilines is 1. The van der Waals surface area contributed by atoms with Gasteiger partial charge in [-0.1, -0.05) is 12.1 Å².